The summed E-state index contributed by atoms with van der Waals surface area (Å²) in [5.41, 5.74) is 1.62. The molecule has 0 bridgehead atoms. The summed E-state index contributed by atoms with van der Waals surface area (Å²) in [5.74, 6) is 1.21. The van der Waals surface area contributed by atoms with Crippen LogP contribution in [0.5, 0.6) is 5.75 Å². The topological polar surface area (TPSA) is 67.4 Å². The number of halogens is 1. The molecule has 138 valence electrons. The molecule has 7 heteroatoms. The molecule has 0 aliphatic carbocycles. The Hall–Kier alpha value is -0.820. The molecule has 0 saturated carbocycles. The number of methoxy groups -OCH3 is 1. The molecule has 1 aromatic rings. The van der Waals surface area contributed by atoms with Gasteiger partial charge in [-0.2, -0.15) is 0 Å². The minimum atomic E-state index is -3.54. The summed E-state index contributed by atoms with van der Waals surface area (Å²) in [6, 6.07) is 3.55. The Kier molecular flexibility index (Phi) is 7.53. The number of aryl methyl sites for hydroxylation is 1. The van der Waals surface area contributed by atoms with Crippen LogP contribution in [-0.2, 0) is 10.0 Å². The Bertz CT molecular complexity index is 662. The molecule has 2 N–H and O–H groups in total. The van der Waals surface area contributed by atoms with Crippen molar-refractivity contribution in [2.24, 2.45) is 5.92 Å². The number of sulfonamides is 1. The van der Waals surface area contributed by atoms with Crippen LogP contribution in [0.3, 0.4) is 0 Å². The van der Waals surface area contributed by atoms with Gasteiger partial charge in [0.25, 0.3) is 0 Å². The third kappa shape index (κ3) is 4.63. The predicted octanol–water partition coefficient (Wildman–Crippen LogP) is 2.83. The number of hydrogen-bond donors (Lipinski definition) is 2. The highest BCUT2D eigenvalue weighted by Crippen LogP contribution is 2.31. The van der Waals surface area contributed by atoms with E-state index in [1.165, 1.54) is 0 Å². The van der Waals surface area contributed by atoms with Crippen LogP contribution >= 0.6 is 12.4 Å². The van der Waals surface area contributed by atoms with E-state index in [1.54, 1.807) is 13.2 Å². The molecule has 1 fully saturated rings. The molecule has 5 nitrogen and oxygen atoms in total. The van der Waals surface area contributed by atoms with Crippen molar-refractivity contribution >= 4 is 22.4 Å². The lowest BCUT2D eigenvalue weighted by molar-refractivity contribution is 0.328. The first-order chi connectivity index (χ1) is 10.8. The van der Waals surface area contributed by atoms with Crippen LogP contribution in [-0.4, -0.2) is 34.7 Å². The van der Waals surface area contributed by atoms with Gasteiger partial charge in [0.05, 0.1) is 12.0 Å². The molecule has 1 saturated heterocycles. The average Bonchev–Trinajstić information content (AvgIpc) is 2.48. The lowest BCUT2D eigenvalue weighted by atomic mass is 9.97. The molecule has 0 spiro atoms. The maximum atomic E-state index is 12.9. The van der Waals surface area contributed by atoms with Gasteiger partial charge in [-0.1, -0.05) is 20.8 Å². The highest BCUT2D eigenvalue weighted by molar-refractivity contribution is 7.89. The molecule has 0 radical (unpaired) electrons. The van der Waals surface area contributed by atoms with Crippen molar-refractivity contribution < 1.29 is 13.2 Å². The Morgan fingerprint density at radius 3 is 2.54 bits per heavy atom. The average molecular weight is 377 g/mol. The van der Waals surface area contributed by atoms with Crippen molar-refractivity contribution in [2.45, 2.75) is 51.0 Å². The van der Waals surface area contributed by atoms with Gasteiger partial charge in [-0.25, -0.2) is 13.1 Å². The molecule has 2 atom stereocenters. The smallest absolute Gasteiger partial charge is 0.241 e. The third-order valence-corrected chi connectivity index (χ3v) is 6.16. The van der Waals surface area contributed by atoms with Gasteiger partial charge in [0.1, 0.15) is 5.75 Å². The number of nitrogens with one attached hydrogen (secondary N) is 2. The summed E-state index contributed by atoms with van der Waals surface area (Å²) in [4.78, 5) is 0.354. The summed E-state index contributed by atoms with van der Waals surface area (Å²) in [7, 11) is -1.92. The van der Waals surface area contributed by atoms with Crippen LogP contribution in [0, 0.1) is 12.8 Å². The van der Waals surface area contributed by atoms with Crippen molar-refractivity contribution in [3.05, 3.63) is 23.3 Å². The minimum Gasteiger partial charge on any atom is -0.496 e. The van der Waals surface area contributed by atoms with Gasteiger partial charge in [0.2, 0.25) is 10.0 Å². The maximum Gasteiger partial charge on any atom is 0.241 e. The van der Waals surface area contributed by atoms with E-state index in [4.69, 9.17) is 4.74 Å². The van der Waals surface area contributed by atoms with E-state index in [1.807, 2.05) is 26.8 Å². The molecule has 1 heterocycles. The predicted molar refractivity (Wildman–Crippen MR) is 99.8 cm³/mol. The van der Waals surface area contributed by atoms with Gasteiger partial charge in [-0.15, -0.1) is 12.4 Å². The number of benzene rings is 1. The van der Waals surface area contributed by atoms with Crippen LogP contribution in [0.1, 0.15) is 44.2 Å². The van der Waals surface area contributed by atoms with Crippen LogP contribution in [0.2, 0.25) is 0 Å². The zero-order valence-electron chi connectivity index (χ0n) is 15.0. The molecule has 0 amide bonds. The molecule has 1 aliphatic heterocycles. The number of hydrogen-bond acceptors (Lipinski definition) is 4. The van der Waals surface area contributed by atoms with Crippen molar-refractivity contribution in [1.29, 1.82) is 0 Å². The largest absolute Gasteiger partial charge is 0.496 e. The Morgan fingerprint density at radius 2 is 2.00 bits per heavy atom. The Morgan fingerprint density at radius 1 is 1.33 bits per heavy atom. The third-order valence-electron chi connectivity index (χ3n) is 4.53. The second-order valence-corrected chi connectivity index (χ2v) is 8.39. The fourth-order valence-corrected chi connectivity index (χ4v) is 4.69. The fraction of sp³-hybridized carbons (Fsp3) is 0.647. The van der Waals surface area contributed by atoms with E-state index >= 15 is 0 Å². The van der Waals surface area contributed by atoms with Crippen molar-refractivity contribution in [3.8, 4) is 5.75 Å². The van der Waals surface area contributed by atoms with E-state index in [9.17, 15) is 8.42 Å². The van der Waals surface area contributed by atoms with Gasteiger partial charge < -0.3 is 10.1 Å². The highest BCUT2D eigenvalue weighted by atomic mass is 35.5. The molecule has 1 aromatic carbocycles. The van der Waals surface area contributed by atoms with Gasteiger partial charge in [0.15, 0.2) is 0 Å². The number of piperidine rings is 1. The highest BCUT2D eigenvalue weighted by Gasteiger charge is 2.28. The number of ether oxygens (including phenoxy) is 1. The monoisotopic (exact) mass is 376 g/mol. The first-order valence-electron chi connectivity index (χ1n) is 8.17. The van der Waals surface area contributed by atoms with Gasteiger partial charge >= 0.3 is 0 Å². The van der Waals surface area contributed by atoms with Crippen LogP contribution in [0.15, 0.2) is 17.0 Å². The quantitative estimate of drug-likeness (QED) is 0.829. The summed E-state index contributed by atoms with van der Waals surface area (Å²) in [5, 5.41) is 3.29. The molecular weight excluding hydrogens is 348 g/mol. The van der Waals surface area contributed by atoms with E-state index in [2.05, 4.69) is 17.0 Å². The van der Waals surface area contributed by atoms with Gasteiger partial charge in [-0.05, 0) is 61.5 Å². The van der Waals surface area contributed by atoms with Crippen molar-refractivity contribution in [2.75, 3.05) is 20.2 Å². The minimum absolute atomic E-state index is 0. The summed E-state index contributed by atoms with van der Waals surface area (Å²) in [6.07, 6.45) is 0.812. The Balaban J connectivity index is 0.00000288. The van der Waals surface area contributed by atoms with Crippen LogP contribution in [0.25, 0.3) is 0 Å². The molecule has 1 aliphatic rings. The molecule has 2 rings (SSSR count). The zero-order chi connectivity index (χ0) is 17.2. The van der Waals surface area contributed by atoms with Crippen molar-refractivity contribution in [1.82, 2.24) is 10.0 Å². The van der Waals surface area contributed by atoms with Crippen LogP contribution < -0.4 is 14.8 Å². The van der Waals surface area contributed by atoms with Crippen LogP contribution in [0.4, 0.5) is 0 Å². The molecule has 0 aromatic heterocycles. The Labute approximate surface area is 152 Å². The molecule has 24 heavy (non-hydrogen) atoms. The number of rotatable bonds is 5. The van der Waals surface area contributed by atoms with E-state index < -0.39 is 10.0 Å². The molecular formula is C17H29ClN2O3S. The molecule has 2 unspecified atom stereocenters. The van der Waals surface area contributed by atoms with Gasteiger partial charge in [-0.3, -0.25) is 0 Å². The van der Waals surface area contributed by atoms with E-state index in [0.717, 1.165) is 30.8 Å². The first-order valence-corrected chi connectivity index (χ1v) is 9.66. The lowest BCUT2D eigenvalue weighted by Gasteiger charge is -2.30. The standard InChI is InChI=1S/C17H28N2O3S.ClH/c1-11(2)14-9-17(12(3)8-16(14)22-5)23(20,21)19-15-6-7-18-10-13(15)4;/h8-9,11,13,15,18-19H,6-7,10H2,1-5H3;1H. The summed E-state index contributed by atoms with van der Waals surface area (Å²) < 4.78 is 34.0. The normalized spacial score (nSPS) is 21.4. The van der Waals surface area contributed by atoms with E-state index in [0.29, 0.717) is 10.5 Å². The second kappa shape index (κ2) is 8.52. The zero-order valence-corrected chi connectivity index (χ0v) is 16.7. The van der Waals surface area contributed by atoms with Gasteiger partial charge in [0, 0.05) is 6.04 Å². The lowest BCUT2D eigenvalue weighted by Crippen LogP contribution is -2.48. The fourth-order valence-electron chi connectivity index (χ4n) is 3.05. The first kappa shape index (κ1) is 21.2. The van der Waals surface area contributed by atoms with E-state index in [-0.39, 0.29) is 30.3 Å². The SMILES string of the molecule is COc1cc(C)c(S(=O)(=O)NC2CCNCC2C)cc1C(C)C.Cl. The van der Waals surface area contributed by atoms with Crippen molar-refractivity contribution in [3.63, 3.8) is 0 Å². The summed E-state index contributed by atoms with van der Waals surface area (Å²) in [6.45, 7) is 9.63. The maximum absolute atomic E-state index is 12.9. The second-order valence-electron chi connectivity index (χ2n) is 6.71. The summed E-state index contributed by atoms with van der Waals surface area (Å²) >= 11 is 0.